The third kappa shape index (κ3) is 6.05. The molecule has 2 amide bonds. The zero-order chi connectivity index (χ0) is 23.9. The average Bonchev–Trinajstić information content (AvgIpc) is 3.11. The summed E-state index contributed by atoms with van der Waals surface area (Å²) in [5, 5.41) is 3.53. The Bertz CT molecular complexity index is 1140. The van der Waals surface area contributed by atoms with Crippen molar-refractivity contribution in [2.24, 2.45) is 0 Å². The van der Waals surface area contributed by atoms with Crippen LogP contribution in [0.15, 0.2) is 66.9 Å². The van der Waals surface area contributed by atoms with E-state index < -0.39 is 0 Å². The van der Waals surface area contributed by atoms with E-state index in [-0.39, 0.29) is 18.4 Å². The smallest absolute Gasteiger partial charge is 0.260 e. The molecule has 4 rings (SSSR count). The molecular weight excluding hydrogens is 452 g/mol. The second kappa shape index (κ2) is 11.0. The number of benzene rings is 2. The molecule has 0 bridgehead atoms. The number of amides is 2. The molecule has 1 aliphatic heterocycles. The molecule has 2 aromatic carbocycles. The van der Waals surface area contributed by atoms with Crippen LogP contribution in [0.25, 0.3) is 0 Å². The van der Waals surface area contributed by atoms with Crippen LogP contribution in [0.4, 0.5) is 11.5 Å². The number of pyridine rings is 1. The highest BCUT2D eigenvalue weighted by Gasteiger charge is 2.20. The number of nitrogens with one attached hydrogen (secondary N) is 1. The van der Waals surface area contributed by atoms with E-state index in [9.17, 15) is 9.59 Å². The van der Waals surface area contributed by atoms with Gasteiger partial charge < -0.3 is 19.9 Å². The molecule has 34 heavy (non-hydrogen) atoms. The number of hydrogen-bond donors (Lipinski definition) is 1. The van der Waals surface area contributed by atoms with Crippen LogP contribution in [-0.4, -0.2) is 54.5 Å². The Balaban J connectivity index is 1.29. The number of hydrogen-bond acceptors (Lipinski definition) is 5. The van der Waals surface area contributed by atoms with Crippen molar-refractivity contribution in [3.05, 3.63) is 83.0 Å². The van der Waals surface area contributed by atoms with Gasteiger partial charge in [0.05, 0.1) is 11.9 Å². The summed E-state index contributed by atoms with van der Waals surface area (Å²) in [6.45, 7) is 4.64. The van der Waals surface area contributed by atoms with E-state index in [2.05, 4.69) is 15.2 Å². The van der Waals surface area contributed by atoms with Gasteiger partial charge in [-0.3, -0.25) is 9.59 Å². The lowest BCUT2D eigenvalue weighted by Gasteiger charge is -2.23. The number of ether oxygens (including phenoxy) is 1. The fraction of sp³-hybridized carbons (Fsp3) is 0.269. The third-order valence-corrected chi connectivity index (χ3v) is 6.00. The van der Waals surface area contributed by atoms with Gasteiger partial charge in [0.1, 0.15) is 11.6 Å². The summed E-state index contributed by atoms with van der Waals surface area (Å²) in [6, 6.07) is 18.2. The van der Waals surface area contributed by atoms with Crippen molar-refractivity contribution in [2.75, 3.05) is 43.0 Å². The molecule has 0 aliphatic carbocycles. The second-order valence-corrected chi connectivity index (χ2v) is 8.57. The third-order valence-electron chi connectivity index (χ3n) is 5.74. The van der Waals surface area contributed by atoms with E-state index >= 15 is 0 Å². The van der Waals surface area contributed by atoms with E-state index in [1.807, 2.05) is 42.2 Å². The molecule has 0 saturated carbocycles. The van der Waals surface area contributed by atoms with Gasteiger partial charge in [-0.15, -0.1) is 0 Å². The van der Waals surface area contributed by atoms with E-state index in [4.69, 9.17) is 16.3 Å². The van der Waals surface area contributed by atoms with Crippen LogP contribution >= 0.6 is 11.6 Å². The maximum Gasteiger partial charge on any atom is 0.260 e. The van der Waals surface area contributed by atoms with Crippen molar-refractivity contribution in [3.63, 3.8) is 0 Å². The molecule has 3 aromatic rings. The number of aryl methyl sites for hydroxylation is 1. The monoisotopic (exact) mass is 478 g/mol. The molecule has 2 heterocycles. The predicted octanol–water partition coefficient (Wildman–Crippen LogP) is 4.41. The Hall–Kier alpha value is -3.58. The number of anilines is 2. The lowest BCUT2D eigenvalue weighted by molar-refractivity contribution is -0.133. The molecule has 8 heteroatoms. The van der Waals surface area contributed by atoms with Crippen LogP contribution in [-0.2, 0) is 4.79 Å². The van der Waals surface area contributed by atoms with Crippen LogP contribution < -0.4 is 15.0 Å². The normalized spacial score (nSPS) is 13.8. The number of carbonyl (C=O) groups excluding carboxylic acids is 2. The highest BCUT2D eigenvalue weighted by Crippen LogP contribution is 2.19. The summed E-state index contributed by atoms with van der Waals surface area (Å²) in [6.07, 6.45) is 2.50. The lowest BCUT2D eigenvalue weighted by atomic mass is 10.1. The summed E-state index contributed by atoms with van der Waals surface area (Å²) in [5.41, 5.74) is 2.21. The van der Waals surface area contributed by atoms with Crippen molar-refractivity contribution in [3.8, 4) is 5.75 Å². The minimum atomic E-state index is -0.155. The van der Waals surface area contributed by atoms with Crippen molar-refractivity contribution < 1.29 is 14.3 Å². The molecule has 0 atom stereocenters. The van der Waals surface area contributed by atoms with E-state index in [1.54, 1.807) is 36.5 Å². The Morgan fingerprint density at radius 3 is 2.53 bits per heavy atom. The summed E-state index contributed by atoms with van der Waals surface area (Å²) in [5.74, 6) is 1.24. The van der Waals surface area contributed by atoms with E-state index in [1.165, 1.54) is 0 Å². The van der Waals surface area contributed by atoms with Gasteiger partial charge in [0.2, 0.25) is 0 Å². The molecular formula is C26H27ClN4O3. The summed E-state index contributed by atoms with van der Waals surface area (Å²) < 4.78 is 5.60. The number of nitrogens with zero attached hydrogens (tertiary/aromatic N) is 3. The van der Waals surface area contributed by atoms with Crippen molar-refractivity contribution >= 4 is 34.9 Å². The van der Waals surface area contributed by atoms with Gasteiger partial charge in [-0.25, -0.2) is 4.98 Å². The molecule has 1 fully saturated rings. The molecule has 1 aliphatic rings. The van der Waals surface area contributed by atoms with Crippen LogP contribution in [0.5, 0.6) is 5.75 Å². The maximum atomic E-state index is 12.6. The minimum Gasteiger partial charge on any atom is -0.484 e. The molecule has 1 aromatic heterocycles. The van der Waals surface area contributed by atoms with Gasteiger partial charge >= 0.3 is 0 Å². The first-order valence-electron chi connectivity index (χ1n) is 11.2. The van der Waals surface area contributed by atoms with Gasteiger partial charge in [-0.2, -0.15) is 0 Å². The predicted molar refractivity (Wildman–Crippen MR) is 134 cm³/mol. The lowest BCUT2D eigenvalue weighted by Crippen LogP contribution is -2.38. The van der Waals surface area contributed by atoms with Gasteiger partial charge in [0, 0.05) is 36.8 Å². The van der Waals surface area contributed by atoms with Gasteiger partial charge in [-0.05, 0) is 61.4 Å². The zero-order valence-electron chi connectivity index (χ0n) is 19.0. The quantitative estimate of drug-likeness (QED) is 0.568. The van der Waals surface area contributed by atoms with Crippen LogP contribution in [0, 0.1) is 6.92 Å². The number of rotatable bonds is 6. The second-order valence-electron chi connectivity index (χ2n) is 8.14. The maximum absolute atomic E-state index is 12.6. The molecule has 7 nitrogen and oxygen atoms in total. The van der Waals surface area contributed by atoms with Crippen LogP contribution in [0.1, 0.15) is 22.3 Å². The first-order valence-corrected chi connectivity index (χ1v) is 11.6. The van der Waals surface area contributed by atoms with E-state index in [0.717, 1.165) is 24.3 Å². The van der Waals surface area contributed by atoms with Gasteiger partial charge in [-0.1, -0.05) is 29.8 Å². The molecule has 1 N–H and O–H groups in total. The molecule has 1 saturated heterocycles. The molecule has 0 radical (unpaired) electrons. The SMILES string of the molecule is Cc1ccccc1C(=O)Nc1ccc(N2CCCN(C(=O)COc3ccc(Cl)cc3)CC2)nc1. The van der Waals surface area contributed by atoms with Crippen molar-refractivity contribution in [1.29, 1.82) is 0 Å². The van der Waals surface area contributed by atoms with Gasteiger partial charge in [0.25, 0.3) is 11.8 Å². The number of carbonyl (C=O) groups is 2. The van der Waals surface area contributed by atoms with Crippen LogP contribution in [0.2, 0.25) is 5.02 Å². The molecule has 176 valence electrons. The summed E-state index contributed by atoms with van der Waals surface area (Å²) in [7, 11) is 0. The van der Waals surface area contributed by atoms with Crippen molar-refractivity contribution in [1.82, 2.24) is 9.88 Å². The molecule has 0 spiro atoms. The summed E-state index contributed by atoms with van der Waals surface area (Å²) >= 11 is 5.88. The Morgan fingerprint density at radius 2 is 1.79 bits per heavy atom. The van der Waals surface area contributed by atoms with Gasteiger partial charge in [0.15, 0.2) is 6.61 Å². The van der Waals surface area contributed by atoms with Crippen molar-refractivity contribution in [2.45, 2.75) is 13.3 Å². The first-order chi connectivity index (χ1) is 16.5. The fourth-order valence-electron chi connectivity index (χ4n) is 3.84. The highest BCUT2D eigenvalue weighted by molar-refractivity contribution is 6.30. The molecule has 0 unspecified atom stereocenters. The fourth-order valence-corrected chi connectivity index (χ4v) is 3.96. The average molecular weight is 479 g/mol. The summed E-state index contributed by atoms with van der Waals surface area (Å²) in [4.78, 5) is 33.7. The Labute approximate surface area is 204 Å². The number of aromatic nitrogens is 1. The van der Waals surface area contributed by atoms with E-state index in [0.29, 0.717) is 41.7 Å². The largest absolute Gasteiger partial charge is 0.484 e. The Morgan fingerprint density at radius 1 is 1.00 bits per heavy atom. The van der Waals surface area contributed by atoms with Crippen LogP contribution in [0.3, 0.4) is 0 Å². The zero-order valence-corrected chi connectivity index (χ0v) is 19.8. The Kier molecular flexibility index (Phi) is 7.65. The standard InChI is InChI=1S/C26H27ClN4O3/c1-19-5-2-3-6-23(19)26(33)29-21-9-12-24(28-17-21)30-13-4-14-31(16-15-30)25(32)18-34-22-10-7-20(27)8-11-22/h2-3,5-12,17H,4,13-16,18H2,1H3,(H,29,33). The highest BCUT2D eigenvalue weighted by atomic mass is 35.5. The number of halogens is 1. The minimum absolute atomic E-state index is 0.00480. The topological polar surface area (TPSA) is 74.8 Å². The first kappa shape index (κ1) is 23.6.